The van der Waals surface area contributed by atoms with Gasteiger partial charge in [-0.25, -0.2) is 0 Å². The summed E-state index contributed by atoms with van der Waals surface area (Å²) in [5, 5.41) is -0.163. The number of hydrogen-bond donors (Lipinski definition) is 0. The molecular weight excluding hydrogens is 206 g/mol. The molecule has 0 spiro atoms. The van der Waals surface area contributed by atoms with Crippen molar-refractivity contribution in [2.45, 2.75) is 0 Å². The Bertz CT molecular complexity index is 306. The highest BCUT2D eigenvalue weighted by Crippen LogP contribution is 2.15. The smallest absolute Gasteiger partial charge is 0.261 e. The van der Waals surface area contributed by atoms with E-state index >= 15 is 0 Å². The van der Waals surface area contributed by atoms with Crippen molar-refractivity contribution in [1.82, 2.24) is 4.90 Å². The number of hydrogen-bond acceptors (Lipinski definition) is 4. The maximum atomic E-state index is 11.4. The summed E-state index contributed by atoms with van der Waals surface area (Å²) in [4.78, 5) is 13.1. The topological polar surface area (TPSA) is 33.5 Å². The van der Waals surface area contributed by atoms with E-state index in [-0.39, 0.29) is 5.12 Å². The fourth-order valence-corrected chi connectivity index (χ4v) is 1.40. The van der Waals surface area contributed by atoms with E-state index in [4.69, 9.17) is 16.6 Å². The van der Waals surface area contributed by atoms with Crippen LogP contribution in [0.2, 0.25) is 0 Å². The van der Waals surface area contributed by atoms with Crippen molar-refractivity contribution in [2.75, 3.05) is 14.1 Å². The van der Waals surface area contributed by atoms with Gasteiger partial charge in [0.1, 0.15) is 4.32 Å². The van der Waals surface area contributed by atoms with Gasteiger partial charge >= 0.3 is 0 Å². The van der Waals surface area contributed by atoms with Gasteiger partial charge < -0.3 is 9.32 Å². The summed E-state index contributed by atoms with van der Waals surface area (Å²) in [6.07, 6.45) is 1.46. The molecule has 0 aromatic carbocycles. The van der Waals surface area contributed by atoms with Crippen molar-refractivity contribution in [3.63, 3.8) is 0 Å². The molecule has 1 rings (SSSR count). The third-order valence-electron chi connectivity index (χ3n) is 1.27. The van der Waals surface area contributed by atoms with Gasteiger partial charge in [0.15, 0.2) is 5.76 Å². The number of carbonyl (C=O) groups is 1. The van der Waals surface area contributed by atoms with E-state index < -0.39 is 0 Å². The second-order valence-electron chi connectivity index (χ2n) is 2.53. The van der Waals surface area contributed by atoms with Crippen LogP contribution < -0.4 is 0 Å². The zero-order valence-corrected chi connectivity index (χ0v) is 8.95. The SMILES string of the molecule is CN(C)C(=S)SC(=O)c1ccco1. The van der Waals surface area contributed by atoms with Crippen molar-refractivity contribution >= 4 is 33.4 Å². The Labute approximate surface area is 86.1 Å². The second kappa shape index (κ2) is 4.43. The van der Waals surface area contributed by atoms with E-state index in [2.05, 4.69) is 0 Å². The Hall–Kier alpha value is -0.810. The molecule has 70 valence electrons. The molecule has 0 radical (unpaired) electrons. The van der Waals surface area contributed by atoms with Crippen LogP contribution in [-0.4, -0.2) is 28.4 Å². The van der Waals surface area contributed by atoms with Crippen LogP contribution in [0.5, 0.6) is 0 Å². The number of rotatable bonds is 1. The molecule has 0 fully saturated rings. The molecule has 13 heavy (non-hydrogen) atoms. The van der Waals surface area contributed by atoms with Gasteiger partial charge in [0.25, 0.3) is 5.12 Å². The molecule has 0 atom stereocenters. The molecule has 1 aromatic rings. The van der Waals surface area contributed by atoms with Crippen molar-refractivity contribution in [1.29, 1.82) is 0 Å². The van der Waals surface area contributed by atoms with Crippen LogP contribution in [0.4, 0.5) is 0 Å². The number of thioether (sulfide) groups is 1. The van der Waals surface area contributed by atoms with Gasteiger partial charge in [0.05, 0.1) is 6.26 Å². The molecule has 0 N–H and O–H groups in total. The van der Waals surface area contributed by atoms with E-state index in [1.54, 1.807) is 31.1 Å². The largest absolute Gasteiger partial charge is 0.460 e. The standard InChI is InChI=1S/C8H9NO2S2/c1-9(2)8(12)13-7(10)6-4-3-5-11-6/h3-5H,1-2H3. The predicted molar refractivity (Wildman–Crippen MR) is 56.9 cm³/mol. The number of nitrogens with zero attached hydrogens (tertiary/aromatic N) is 1. The zero-order valence-electron chi connectivity index (χ0n) is 7.31. The van der Waals surface area contributed by atoms with Crippen LogP contribution in [0.3, 0.4) is 0 Å². The lowest BCUT2D eigenvalue weighted by molar-refractivity contribution is 0.106. The third kappa shape index (κ3) is 2.86. The Morgan fingerprint density at radius 1 is 1.62 bits per heavy atom. The first-order chi connectivity index (χ1) is 6.11. The Balaban J connectivity index is 2.57. The first kappa shape index (κ1) is 10.3. The van der Waals surface area contributed by atoms with Gasteiger partial charge in [-0.05, 0) is 23.9 Å². The molecule has 3 nitrogen and oxygen atoms in total. The minimum Gasteiger partial charge on any atom is -0.460 e. The molecular formula is C8H9NO2S2. The highest BCUT2D eigenvalue weighted by molar-refractivity contribution is 8.33. The summed E-state index contributed by atoms with van der Waals surface area (Å²) >= 11 is 5.94. The van der Waals surface area contributed by atoms with Crippen LogP contribution in [0.25, 0.3) is 0 Å². The lowest BCUT2D eigenvalue weighted by Gasteiger charge is -2.10. The fourth-order valence-electron chi connectivity index (χ4n) is 0.616. The quantitative estimate of drug-likeness (QED) is 0.669. The van der Waals surface area contributed by atoms with E-state index in [0.717, 1.165) is 11.8 Å². The highest BCUT2D eigenvalue weighted by Gasteiger charge is 2.13. The van der Waals surface area contributed by atoms with Crippen LogP contribution in [0, 0.1) is 0 Å². The average Bonchev–Trinajstić information content (AvgIpc) is 2.55. The normalized spacial score (nSPS) is 9.69. The van der Waals surface area contributed by atoms with Crippen molar-refractivity contribution < 1.29 is 9.21 Å². The van der Waals surface area contributed by atoms with Gasteiger partial charge in [-0.1, -0.05) is 12.2 Å². The van der Waals surface area contributed by atoms with Crippen molar-refractivity contribution in [3.8, 4) is 0 Å². The zero-order chi connectivity index (χ0) is 9.84. The van der Waals surface area contributed by atoms with Crippen molar-refractivity contribution in [3.05, 3.63) is 24.2 Å². The molecule has 0 unspecified atom stereocenters. The van der Waals surface area contributed by atoms with Crippen LogP contribution >= 0.6 is 24.0 Å². The molecule has 0 saturated carbocycles. The first-order valence-corrected chi connectivity index (χ1v) is 4.80. The molecule has 5 heteroatoms. The third-order valence-corrected chi connectivity index (χ3v) is 2.81. The summed E-state index contributed by atoms with van der Waals surface area (Å²) < 4.78 is 5.46. The molecule has 0 bridgehead atoms. The van der Waals surface area contributed by atoms with Crippen LogP contribution in [0.15, 0.2) is 22.8 Å². The highest BCUT2D eigenvalue weighted by atomic mass is 32.2. The summed E-state index contributed by atoms with van der Waals surface area (Å²) in [6, 6.07) is 3.29. The summed E-state index contributed by atoms with van der Waals surface area (Å²) in [5.41, 5.74) is 0. The lowest BCUT2D eigenvalue weighted by Crippen LogP contribution is -2.17. The number of carbonyl (C=O) groups excluding carboxylic acids is 1. The summed E-state index contributed by atoms with van der Waals surface area (Å²) in [6.45, 7) is 0. The maximum absolute atomic E-state index is 11.4. The molecule has 0 amide bonds. The van der Waals surface area contributed by atoms with E-state index in [0.29, 0.717) is 10.1 Å². The number of furan rings is 1. The molecule has 0 saturated heterocycles. The Kier molecular flexibility index (Phi) is 3.50. The number of thiocarbonyl (C=S) groups is 1. The summed E-state index contributed by atoms with van der Waals surface area (Å²) in [5.74, 6) is 0.328. The minimum atomic E-state index is -0.163. The minimum absolute atomic E-state index is 0.163. The van der Waals surface area contributed by atoms with E-state index in [9.17, 15) is 4.79 Å². The maximum Gasteiger partial charge on any atom is 0.261 e. The van der Waals surface area contributed by atoms with Crippen LogP contribution in [-0.2, 0) is 0 Å². The van der Waals surface area contributed by atoms with E-state index in [1.165, 1.54) is 6.26 Å². The fraction of sp³-hybridized carbons (Fsp3) is 0.250. The molecule has 1 aromatic heterocycles. The molecule has 0 aliphatic carbocycles. The van der Waals surface area contributed by atoms with Crippen LogP contribution in [0.1, 0.15) is 10.6 Å². The average molecular weight is 215 g/mol. The van der Waals surface area contributed by atoms with Gasteiger partial charge in [-0.15, -0.1) is 0 Å². The molecule has 1 heterocycles. The molecule has 0 aliphatic heterocycles. The first-order valence-electron chi connectivity index (χ1n) is 3.58. The summed E-state index contributed by atoms with van der Waals surface area (Å²) in [7, 11) is 3.59. The second-order valence-corrected chi connectivity index (χ2v) is 4.13. The predicted octanol–water partition coefficient (Wildman–Crippen LogP) is 2.00. The lowest BCUT2D eigenvalue weighted by atomic mass is 10.5. The Morgan fingerprint density at radius 3 is 2.77 bits per heavy atom. The van der Waals surface area contributed by atoms with Gasteiger partial charge in [0, 0.05) is 14.1 Å². The molecule has 0 aliphatic rings. The van der Waals surface area contributed by atoms with Crippen molar-refractivity contribution in [2.24, 2.45) is 0 Å². The monoisotopic (exact) mass is 215 g/mol. The van der Waals surface area contributed by atoms with Gasteiger partial charge in [-0.3, -0.25) is 4.79 Å². The van der Waals surface area contributed by atoms with Gasteiger partial charge in [-0.2, -0.15) is 0 Å². The van der Waals surface area contributed by atoms with Gasteiger partial charge in [0.2, 0.25) is 0 Å². The Morgan fingerprint density at radius 2 is 2.31 bits per heavy atom. The van der Waals surface area contributed by atoms with E-state index in [1.807, 2.05) is 0 Å².